The molecule has 0 aliphatic carbocycles. The number of hydrogen-bond acceptors (Lipinski definition) is 5. The fourth-order valence-corrected chi connectivity index (χ4v) is 4.91. The second-order valence-corrected chi connectivity index (χ2v) is 7.65. The maximum Gasteiger partial charge on any atom is 0.269 e. The normalized spacial score (nSPS) is 14.5. The Morgan fingerprint density at radius 1 is 1.29 bits per heavy atom. The van der Waals surface area contributed by atoms with Crippen LogP contribution in [0.3, 0.4) is 0 Å². The minimum absolute atomic E-state index is 0.0514. The number of carbonyl (C=O) groups is 1. The molecule has 0 radical (unpaired) electrons. The number of anilines is 1. The van der Waals surface area contributed by atoms with E-state index in [0.717, 1.165) is 5.56 Å². The third-order valence-corrected chi connectivity index (χ3v) is 6.29. The van der Waals surface area contributed by atoms with Gasteiger partial charge in [-0.3, -0.25) is 9.48 Å². The molecule has 0 fully saturated rings. The molecule has 0 saturated carbocycles. The van der Waals surface area contributed by atoms with E-state index in [1.165, 1.54) is 10.4 Å². The number of nitrogens with two attached hydrogens (primary N) is 1. The summed E-state index contributed by atoms with van der Waals surface area (Å²) in [6.45, 7) is 3.68. The SMILES string of the molecule is Cc1nn(C)c(C)c1S(=O)(=O)N1CCCc2ccc(C(N)=O)nc21. The van der Waals surface area contributed by atoms with Gasteiger partial charge in [0.25, 0.3) is 15.9 Å². The van der Waals surface area contributed by atoms with Gasteiger partial charge in [0.2, 0.25) is 0 Å². The Balaban J connectivity index is 2.18. The highest BCUT2D eigenvalue weighted by atomic mass is 32.2. The summed E-state index contributed by atoms with van der Waals surface area (Å²) in [6.07, 6.45) is 1.39. The van der Waals surface area contributed by atoms with Crippen molar-refractivity contribution >= 4 is 21.7 Å². The van der Waals surface area contributed by atoms with Crippen LogP contribution in [0.4, 0.5) is 5.82 Å². The van der Waals surface area contributed by atoms with Crippen LogP contribution in [0.25, 0.3) is 0 Å². The van der Waals surface area contributed by atoms with E-state index in [1.54, 1.807) is 31.6 Å². The molecule has 2 N–H and O–H groups in total. The standard InChI is InChI=1S/C15H19N5O3S/c1-9-13(10(2)19(3)18-9)24(22,23)20-8-4-5-11-6-7-12(14(16)21)17-15(11)20/h6-7H,4-5,8H2,1-3H3,(H2,16,21). The molecule has 24 heavy (non-hydrogen) atoms. The van der Waals surface area contributed by atoms with Crippen LogP contribution in [0.2, 0.25) is 0 Å². The summed E-state index contributed by atoms with van der Waals surface area (Å²) < 4.78 is 29.2. The zero-order valence-corrected chi connectivity index (χ0v) is 14.6. The molecule has 128 valence electrons. The first kappa shape index (κ1) is 16.4. The second kappa shape index (κ2) is 5.59. The zero-order chi connectivity index (χ0) is 17.6. The largest absolute Gasteiger partial charge is 0.364 e. The molecule has 0 aromatic carbocycles. The van der Waals surface area contributed by atoms with Gasteiger partial charge >= 0.3 is 0 Å². The fraction of sp³-hybridized carbons (Fsp3) is 0.400. The second-order valence-electron chi connectivity index (χ2n) is 5.85. The first-order valence-corrected chi connectivity index (χ1v) is 9.00. The molecular weight excluding hydrogens is 330 g/mol. The quantitative estimate of drug-likeness (QED) is 0.875. The van der Waals surface area contributed by atoms with Crippen LogP contribution in [0.5, 0.6) is 0 Å². The van der Waals surface area contributed by atoms with Crippen LogP contribution in [0.15, 0.2) is 17.0 Å². The third-order valence-electron chi connectivity index (χ3n) is 4.24. The number of sulfonamides is 1. The monoisotopic (exact) mass is 349 g/mol. The van der Waals surface area contributed by atoms with Crippen molar-refractivity contribution in [3.63, 3.8) is 0 Å². The Kier molecular flexibility index (Phi) is 3.83. The van der Waals surface area contributed by atoms with Crippen LogP contribution >= 0.6 is 0 Å². The zero-order valence-electron chi connectivity index (χ0n) is 13.8. The fourth-order valence-electron chi connectivity index (χ4n) is 3.02. The number of nitrogens with zero attached hydrogens (tertiary/aromatic N) is 4. The summed E-state index contributed by atoms with van der Waals surface area (Å²) in [5.74, 6) is -0.408. The van der Waals surface area contributed by atoms with Crippen LogP contribution in [0, 0.1) is 13.8 Å². The topological polar surface area (TPSA) is 111 Å². The number of pyridine rings is 1. The van der Waals surface area contributed by atoms with E-state index < -0.39 is 15.9 Å². The molecule has 0 saturated heterocycles. The summed E-state index contributed by atoms with van der Waals surface area (Å²) >= 11 is 0. The lowest BCUT2D eigenvalue weighted by Gasteiger charge is -2.29. The Morgan fingerprint density at radius 3 is 2.58 bits per heavy atom. The van der Waals surface area contributed by atoms with Crippen molar-refractivity contribution in [1.29, 1.82) is 0 Å². The van der Waals surface area contributed by atoms with Gasteiger partial charge in [-0.15, -0.1) is 0 Å². The van der Waals surface area contributed by atoms with Crippen LogP contribution in [-0.4, -0.2) is 35.6 Å². The first-order valence-electron chi connectivity index (χ1n) is 7.56. The van der Waals surface area contributed by atoms with Gasteiger partial charge in [-0.2, -0.15) is 5.10 Å². The van der Waals surface area contributed by atoms with Gasteiger partial charge in [0.1, 0.15) is 16.4 Å². The maximum atomic E-state index is 13.2. The highest BCUT2D eigenvalue weighted by molar-refractivity contribution is 7.93. The summed E-state index contributed by atoms with van der Waals surface area (Å²) in [5.41, 5.74) is 7.12. The number of carbonyl (C=O) groups excluding carboxylic acids is 1. The highest BCUT2D eigenvalue weighted by Gasteiger charge is 2.34. The molecule has 8 nitrogen and oxygen atoms in total. The predicted octanol–water partition coefficient (Wildman–Crippen LogP) is 0.672. The van der Waals surface area contributed by atoms with E-state index in [2.05, 4.69) is 10.1 Å². The molecule has 2 aromatic rings. The minimum Gasteiger partial charge on any atom is -0.364 e. The molecule has 9 heteroatoms. The lowest BCUT2D eigenvalue weighted by molar-refractivity contribution is 0.0995. The summed E-state index contributed by atoms with van der Waals surface area (Å²) in [5, 5.41) is 4.19. The summed E-state index contributed by atoms with van der Waals surface area (Å²) in [4.78, 5) is 15.8. The number of hydrogen-bond donors (Lipinski definition) is 1. The number of primary amides is 1. The first-order chi connectivity index (χ1) is 11.2. The molecule has 2 aromatic heterocycles. The molecule has 1 aliphatic heterocycles. The van der Waals surface area contributed by atoms with E-state index in [4.69, 9.17) is 5.73 Å². The average Bonchev–Trinajstić information content (AvgIpc) is 2.79. The highest BCUT2D eigenvalue weighted by Crippen LogP contribution is 2.32. The van der Waals surface area contributed by atoms with Gasteiger partial charge in [0.05, 0.1) is 11.4 Å². The van der Waals surface area contributed by atoms with Crippen molar-refractivity contribution in [3.05, 3.63) is 34.8 Å². The van der Waals surface area contributed by atoms with Gasteiger partial charge in [-0.25, -0.2) is 17.7 Å². The van der Waals surface area contributed by atoms with Crippen LogP contribution in [0.1, 0.15) is 33.9 Å². The Bertz CT molecular complexity index is 933. The average molecular weight is 349 g/mol. The van der Waals surface area contributed by atoms with Gasteiger partial charge in [-0.1, -0.05) is 6.07 Å². The molecule has 0 atom stereocenters. The van der Waals surface area contributed by atoms with Gasteiger partial charge < -0.3 is 5.73 Å². The molecule has 1 aliphatic rings. The van der Waals surface area contributed by atoms with Crippen molar-refractivity contribution in [3.8, 4) is 0 Å². The van der Waals surface area contributed by atoms with Crippen molar-refractivity contribution in [2.75, 3.05) is 10.8 Å². The lowest BCUT2D eigenvalue weighted by atomic mass is 10.1. The smallest absolute Gasteiger partial charge is 0.269 e. The number of amides is 1. The number of rotatable bonds is 3. The summed E-state index contributed by atoms with van der Waals surface area (Å²) in [7, 11) is -2.12. The molecule has 3 rings (SSSR count). The molecule has 0 spiro atoms. The van der Waals surface area contributed by atoms with Crippen molar-refractivity contribution in [1.82, 2.24) is 14.8 Å². The van der Waals surface area contributed by atoms with Crippen LogP contribution < -0.4 is 10.0 Å². The molecule has 3 heterocycles. The Hall–Kier alpha value is -2.42. The Morgan fingerprint density at radius 2 is 2.00 bits per heavy atom. The third kappa shape index (κ3) is 2.44. The molecular formula is C15H19N5O3S. The van der Waals surface area contributed by atoms with E-state index in [-0.39, 0.29) is 16.4 Å². The van der Waals surface area contributed by atoms with Crippen LogP contribution in [-0.2, 0) is 23.5 Å². The van der Waals surface area contributed by atoms with Gasteiger partial charge in [0.15, 0.2) is 0 Å². The Labute approximate surface area is 140 Å². The van der Waals surface area contributed by atoms with E-state index in [1.807, 2.05) is 0 Å². The van der Waals surface area contributed by atoms with E-state index in [9.17, 15) is 13.2 Å². The van der Waals surface area contributed by atoms with Crippen molar-refractivity contribution < 1.29 is 13.2 Å². The summed E-state index contributed by atoms with van der Waals surface area (Å²) in [6, 6.07) is 3.24. The molecule has 0 unspecified atom stereocenters. The minimum atomic E-state index is -3.82. The number of fused-ring (bicyclic) bond motifs is 1. The number of aryl methyl sites for hydroxylation is 3. The predicted molar refractivity (Wildman–Crippen MR) is 88.3 cm³/mol. The van der Waals surface area contributed by atoms with Gasteiger partial charge in [-0.05, 0) is 38.3 Å². The maximum absolute atomic E-state index is 13.2. The molecule has 1 amide bonds. The lowest BCUT2D eigenvalue weighted by Crippen LogP contribution is -2.37. The van der Waals surface area contributed by atoms with Crippen molar-refractivity contribution in [2.45, 2.75) is 31.6 Å². The van der Waals surface area contributed by atoms with E-state index >= 15 is 0 Å². The van der Waals surface area contributed by atoms with Crippen molar-refractivity contribution in [2.24, 2.45) is 12.8 Å². The van der Waals surface area contributed by atoms with Gasteiger partial charge in [0, 0.05) is 13.6 Å². The molecule has 0 bridgehead atoms. The number of aromatic nitrogens is 3. The van der Waals surface area contributed by atoms with E-state index in [0.29, 0.717) is 30.8 Å².